The van der Waals surface area contributed by atoms with Crippen LogP contribution in [0.3, 0.4) is 0 Å². The molecule has 0 aliphatic heterocycles. The third-order valence-electron chi connectivity index (χ3n) is 3.82. The van der Waals surface area contributed by atoms with Gasteiger partial charge in [-0.15, -0.1) is 0 Å². The van der Waals surface area contributed by atoms with Crippen molar-refractivity contribution in [3.8, 4) is 0 Å². The average Bonchev–Trinajstić information content (AvgIpc) is 2.97. The average molecular weight is 350 g/mol. The number of nitrogens with zero attached hydrogens (tertiary/aromatic N) is 1. The lowest BCUT2D eigenvalue weighted by Gasteiger charge is -2.28. The summed E-state index contributed by atoms with van der Waals surface area (Å²) in [6.45, 7) is -0.626. The standard InChI is InChI=1S/C14H17F3N2O3S/c15-14(16,17)11-7-3-4-8-12(11)23(21,22)19(9-13(18)20)10-5-1-2-6-10/h3-4,7-8,10H,1-2,5-6,9H2,(H2,18,20). The molecule has 0 unspecified atom stereocenters. The normalized spacial score (nSPS) is 16.9. The SMILES string of the molecule is NC(=O)CN(C1CCCC1)S(=O)(=O)c1ccccc1C(F)(F)F. The highest BCUT2D eigenvalue weighted by Crippen LogP contribution is 2.36. The number of halogens is 3. The maximum Gasteiger partial charge on any atom is 0.417 e. The number of alkyl halides is 3. The lowest BCUT2D eigenvalue weighted by Crippen LogP contribution is -2.44. The highest BCUT2D eigenvalue weighted by Gasteiger charge is 2.41. The highest BCUT2D eigenvalue weighted by atomic mass is 32.2. The van der Waals surface area contributed by atoms with Crippen LogP contribution in [-0.2, 0) is 21.0 Å². The first-order valence-corrected chi connectivity index (χ1v) is 8.54. The Labute approximate surface area is 132 Å². The van der Waals surface area contributed by atoms with E-state index in [-0.39, 0.29) is 0 Å². The second kappa shape index (κ2) is 6.48. The number of benzene rings is 1. The van der Waals surface area contributed by atoms with Gasteiger partial charge in [0, 0.05) is 6.04 Å². The number of amides is 1. The molecule has 0 atom stereocenters. The lowest BCUT2D eigenvalue weighted by molar-refractivity contribution is -0.139. The number of primary amides is 1. The molecule has 5 nitrogen and oxygen atoms in total. The quantitative estimate of drug-likeness (QED) is 0.883. The zero-order valence-electron chi connectivity index (χ0n) is 12.2. The topological polar surface area (TPSA) is 80.5 Å². The molecular formula is C14H17F3N2O3S. The van der Waals surface area contributed by atoms with E-state index in [1.807, 2.05) is 0 Å². The van der Waals surface area contributed by atoms with Crippen LogP contribution in [0.1, 0.15) is 31.2 Å². The van der Waals surface area contributed by atoms with Gasteiger partial charge in [-0.25, -0.2) is 8.42 Å². The molecule has 1 aromatic carbocycles. The van der Waals surface area contributed by atoms with Crippen molar-refractivity contribution in [2.75, 3.05) is 6.54 Å². The summed E-state index contributed by atoms with van der Waals surface area (Å²) in [5.74, 6) is -0.898. The molecule has 1 aliphatic rings. The van der Waals surface area contributed by atoms with Crippen LogP contribution >= 0.6 is 0 Å². The van der Waals surface area contributed by atoms with E-state index >= 15 is 0 Å². The molecule has 9 heteroatoms. The largest absolute Gasteiger partial charge is 0.417 e. The van der Waals surface area contributed by atoms with Gasteiger partial charge >= 0.3 is 6.18 Å². The van der Waals surface area contributed by atoms with E-state index in [9.17, 15) is 26.4 Å². The molecule has 1 aliphatic carbocycles. The van der Waals surface area contributed by atoms with Crippen molar-refractivity contribution in [1.82, 2.24) is 4.31 Å². The number of nitrogens with two attached hydrogens (primary N) is 1. The molecule has 2 rings (SSSR count). The Hall–Kier alpha value is -1.61. The van der Waals surface area contributed by atoms with Crippen LogP contribution in [-0.4, -0.2) is 31.2 Å². The van der Waals surface area contributed by atoms with Crippen LogP contribution < -0.4 is 5.73 Å². The van der Waals surface area contributed by atoms with Gasteiger partial charge in [0.25, 0.3) is 0 Å². The van der Waals surface area contributed by atoms with Gasteiger partial charge in [0.2, 0.25) is 15.9 Å². The number of hydrogen-bond donors (Lipinski definition) is 1. The number of hydrogen-bond acceptors (Lipinski definition) is 3. The predicted molar refractivity (Wildman–Crippen MR) is 76.8 cm³/mol. The fraction of sp³-hybridized carbons (Fsp3) is 0.500. The van der Waals surface area contributed by atoms with E-state index in [1.165, 1.54) is 6.07 Å². The van der Waals surface area contributed by atoms with Crippen molar-refractivity contribution in [2.24, 2.45) is 5.73 Å². The Balaban J connectivity index is 2.52. The summed E-state index contributed by atoms with van der Waals surface area (Å²) < 4.78 is 65.6. The van der Waals surface area contributed by atoms with Crippen LogP contribution in [0.15, 0.2) is 29.2 Å². The third kappa shape index (κ3) is 3.84. The van der Waals surface area contributed by atoms with Crippen LogP contribution in [0, 0.1) is 0 Å². The zero-order valence-corrected chi connectivity index (χ0v) is 13.0. The molecule has 0 bridgehead atoms. The minimum absolute atomic E-state index is 0.501. The van der Waals surface area contributed by atoms with Crippen LogP contribution in [0.25, 0.3) is 0 Å². The van der Waals surface area contributed by atoms with Crippen LogP contribution in [0.5, 0.6) is 0 Å². The lowest BCUT2D eigenvalue weighted by atomic mass is 10.2. The van der Waals surface area contributed by atoms with Gasteiger partial charge in [-0.1, -0.05) is 25.0 Å². The predicted octanol–water partition coefficient (Wildman–Crippen LogP) is 2.12. The molecular weight excluding hydrogens is 333 g/mol. The summed E-state index contributed by atoms with van der Waals surface area (Å²) in [6, 6.07) is 3.45. The van der Waals surface area contributed by atoms with Gasteiger partial charge in [0.1, 0.15) is 0 Å². The van der Waals surface area contributed by atoms with E-state index in [0.717, 1.165) is 29.3 Å². The fourth-order valence-corrected chi connectivity index (χ4v) is 4.67. The van der Waals surface area contributed by atoms with Gasteiger partial charge in [-0.05, 0) is 25.0 Å². The molecule has 23 heavy (non-hydrogen) atoms. The molecule has 1 fully saturated rings. The smallest absolute Gasteiger partial charge is 0.369 e. The summed E-state index contributed by atoms with van der Waals surface area (Å²) >= 11 is 0. The Morgan fingerprint density at radius 2 is 1.78 bits per heavy atom. The van der Waals surface area contributed by atoms with Crippen molar-refractivity contribution in [3.05, 3.63) is 29.8 Å². The Bertz CT molecular complexity index is 683. The second-order valence-electron chi connectivity index (χ2n) is 5.45. The van der Waals surface area contributed by atoms with E-state index in [1.54, 1.807) is 0 Å². The first-order chi connectivity index (χ1) is 10.6. The molecule has 1 amide bonds. The number of carbonyl (C=O) groups is 1. The van der Waals surface area contributed by atoms with E-state index in [2.05, 4.69) is 0 Å². The summed E-state index contributed by atoms with van der Waals surface area (Å²) in [6.07, 6.45) is -2.29. The summed E-state index contributed by atoms with van der Waals surface area (Å²) in [5, 5.41) is 0. The van der Waals surface area contributed by atoms with Gasteiger partial charge in [0.15, 0.2) is 0 Å². The Kier molecular flexibility index (Phi) is 5.00. The van der Waals surface area contributed by atoms with Crippen LogP contribution in [0.2, 0.25) is 0 Å². The second-order valence-corrected chi connectivity index (χ2v) is 7.31. The van der Waals surface area contributed by atoms with Gasteiger partial charge < -0.3 is 5.73 Å². The zero-order chi connectivity index (χ0) is 17.3. The minimum Gasteiger partial charge on any atom is -0.369 e. The van der Waals surface area contributed by atoms with Crippen molar-refractivity contribution in [1.29, 1.82) is 0 Å². The Morgan fingerprint density at radius 1 is 1.22 bits per heavy atom. The summed E-state index contributed by atoms with van der Waals surface area (Å²) in [7, 11) is -4.48. The van der Waals surface area contributed by atoms with Gasteiger partial charge in [-0.3, -0.25) is 4.79 Å². The van der Waals surface area contributed by atoms with E-state index < -0.39 is 45.2 Å². The molecule has 0 heterocycles. The van der Waals surface area contributed by atoms with Crippen molar-refractivity contribution in [3.63, 3.8) is 0 Å². The molecule has 1 aromatic rings. The molecule has 2 N–H and O–H groups in total. The fourth-order valence-electron chi connectivity index (χ4n) is 2.81. The molecule has 0 spiro atoms. The molecule has 0 saturated heterocycles. The van der Waals surface area contributed by atoms with Crippen molar-refractivity contribution in [2.45, 2.75) is 42.8 Å². The first kappa shape index (κ1) is 17.7. The molecule has 0 aromatic heterocycles. The van der Waals surface area contributed by atoms with Crippen LogP contribution in [0.4, 0.5) is 13.2 Å². The number of carbonyl (C=O) groups excluding carboxylic acids is 1. The van der Waals surface area contributed by atoms with Crippen molar-refractivity contribution >= 4 is 15.9 Å². The monoisotopic (exact) mass is 350 g/mol. The van der Waals surface area contributed by atoms with Crippen molar-refractivity contribution < 1.29 is 26.4 Å². The summed E-state index contributed by atoms with van der Waals surface area (Å²) in [4.78, 5) is 10.4. The third-order valence-corrected chi connectivity index (χ3v) is 5.78. The van der Waals surface area contributed by atoms with E-state index in [4.69, 9.17) is 5.73 Å². The molecule has 128 valence electrons. The first-order valence-electron chi connectivity index (χ1n) is 7.10. The number of rotatable bonds is 5. The molecule has 0 radical (unpaired) electrons. The summed E-state index contributed by atoms with van der Waals surface area (Å²) in [5.41, 5.74) is 3.85. The maximum atomic E-state index is 13.1. The highest BCUT2D eigenvalue weighted by molar-refractivity contribution is 7.89. The maximum absolute atomic E-state index is 13.1. The number of sulfonamides is 1. The molecule has 1 saturated carbocycles. The minimum atomic E-state index is -4.81. The van der Waals surface area contributed by atoms with Gasteiger partial charge in [0.05, 0.1) is 17.0 Å². The Morgan fingerprint density at radius 3 is 2.30 bits per heavy atom. The van der Waals surface area contributed by atoms with Gasteiger partial charge in [-0.2, -0.15) is 17.5 Å². The van der Waals surface area contributed by atoms with E-state index in [0.29, 0.717) is 18.9 Å².